The molecule has 188 valence electrons. The van der Waals surface area contributed by atoms with Gasteiger partial charge in [0.1, 0.15) is 10.9 Å². The number of phenols is 1. The predicted octanol–water partition coefficient (Wildman–Crippen LogP) is 6.24. The van der Waals surface area contributed by atoms with Crippen LogP contribution in [0.3, 0.4) is 0 Å². The summed E-state index contributed by atoms with van der Waals surface area (Å²) in [6.45, 7) is 0.251. The highest BCUT2D eigenvalue weighted by Crippen LogP contribution is 2.39. The molecule has 8 nitrogen and oxygen atoms in total. The number of nitrogens with one attached hydrogen (secondary N) is 2. The van der Waals surface area contributed by atoms with Gasteiger partial charge in [-0.1, -0.05) is 47.8 Å². The Hall–Kier alpha value is -3.88. The number of carbonyl (C=O) groups is 2. The summed E-state index contributed by atoms with van der Waals surface area (Å²) in [6, 6.07) is 16.6. The van der Waals surface area contributed by atoms with E-state index in [0.717, 1.165) is 30.5 Å². The van der Waals surface area contributed by atoms with Crippen molar-refractivity contribution >= 4 is 40.8 Å². The van der Waals surface area contributed by atoms with Gasteiger partial charge in [-0.2, -0.15) is 9.78 Å². The first-order valence-electron chi connectivity index (χ1n) is 11.8. The van der Waals surface area contributed by atoms with Gasteiger partial charge in [-0.3, -0.25) is 4.79 Å². The molecule has 0 aliphatic heterocycles. The average molecular weight is 536 g/mol. The minimum atomic E-state index is -0.436. The molecule has 2 aromatic heterocycles. The first-order chi connectivity index (χ1) is 17.9. The second-order valence-electron chi connectivity index (χ2n) is 8.77. The van der Waals surface area contributed by atoms with E-state index in [-0.39, 0.29) is 35.0 Å². The van der Waals surface area contributed by atoms with Gasteiger partial charge in [0.15, 0.2) is 0 Å². The number of halogens is 2. The second kappa shape index (κ2) is 10.6. The molecule has 37 heavy (non-hydrogen) atoms. The van der Waals surface area contributed by atoms with Gasteiger partial charge in [-0.25, -0.2) is 9.78 Å². The van der Waals surface area contributed by atoms with Crippen molar-refractivity contribution in [3.05, 3.63) is 93.9 Å². The molecule has 1 aliphatic carbocycles. The molecule has 0 radical (unpaired) electrons. The van der Waals surface area contributed by atoms with Crippen LogP contribution < -0.4 is 10.6 Å². The number of anilines is 1. The van der Waals surface area contributed by atoms with E-state index in [1.54, 1.807) is 30.3 Å². The molecule has 2 amide bonds. The Morgan fingerprint density at radius 3 is 2.59 bits per heavy atom. The maximum absolute atomic E-state index is 13.1. The molecule has 1 aliphatic rings. The quantitative estimate of drug-likeness (QED) is 0.200. The number of hydrogen-bond acceptors (Lipinski definition) is 5. The minimum Gasteiger partial charge on any atom is -0.507 e. The summed E-state index contributed by atoms with van der Waals surface area (Å²) in [6.07, 6.45) is 4.49. The normalized spacial score (nSPS) is 13.1. The van der Waals surface area contributed by atoms with Crippen molar-refractivity contribution in [3.8, 4) is 17.0 Å². The van der Waals surface area contributed by atoms with Crippen molar-refractivity contribution in [3.63, 3.8) is 0 Å². The number of aromatic nitrogens is 3. The summed E-state index contributed by atoms with van der Waals surface area (Å²) in [5.74, 6) is -0.266. The maximum atomic E-state index is 13.1. The highest BCUT2D eigenvalue weighted by molar-refractivity contribution is 6.33. The predicted molar refractivity (Wildman–Crippen MR) is 142 cm³/mol. The molecule has 3 N–H and O–H groups in total. The van der Waals surface area contributed by atoms with Crippen molar-refractivity contribution in [1.29, 1.82) is 0 Å². The second-order valence-corrected chi connectivity index (χ2v) is 9.54. The van der Waals surface area contributed by atoms with Crippen molar-refractivity contribution < 1.29 is 14.7 Å². The van der Waals surface area contributed by atoms with Gasteiger partial charge in [-0.15, -0.1) is 0 Å². The lowest BCUT2D eigenvalue weighted by molar-refractivity contribution is 0.102. The van der Waals surface area contributed by atoms with Crippen LogP contribution >= 0.6 is 23.2 Å². The SMILES string of the molecule is O=C(Nc1ccc(O)c(-c2cc(C3CCC3)n(C(=O)NCc3ccccc3Cl)n2)c1)c1cccnc1Cl. The third-order valence-corrected chi connectivity index (χ3v) is 7.04. The third kappa shape index (κ3) is 5.30. The van der Waals surface area contributed by atoms with Crippen LogP contribution in [0.4, 0.5) is 10.5 Å². The fourth-order valence-corrected chi connectivity index (χ4v) is 4.55. The number of aromatic hydroxyl groups is 1. The van der Waals surface area contributed by atoms with Crippen LogP contribution in [0.15, 0.2) is 66.9 Å². The third-order valence-electron chi connectivity index (χ3n) is 6.37. The number of carbonyl (C=O) groups excluding carboxylic acids is 2. The van der Waals surface area contributed by atoms with E-state index < -0.39 is 5.91 Å². The van der Waals surface area contributed by atoms with Gasteiger partial charge < -0.3 is 15.7 Å². The van der Waals surface area contributed by atoms with Crippen molar-refractivity contribution in [2.45, 2.75) is 31.7 Å². The lowest BCUT2D eigenvalue weighted by Crippen LogP contribution is -2.31. The van der Waals surface area contributed by atoms with E-state index in [9.17, 15) is 14.7 Å². The Bertz CT molecular complexity index is 1480. The van der Waals surface area contributed by atoms with Crippen LogP contribution in [0, 0.1) is 0 Å². The molecular formula is C27H23Cl2N5O3. The highest BCUT2D eigenvalue weighted by atomic mass is 35.5. The van der Waals surface area contributed by atoms with Crippen molar-refractivity contribution in [1.82, 2.24) is 20.1 Å². The molecule has 2 aromatic carbocycles. The summed E-state index contributed by atoms with van der Waals surface area (Å²) in [7, 11) is 0. The first kappa shape index (κ1) is 24.8. The van der Waals surface area contributed by atoms with Crippen molar-refractivity contribution in [2.24, 2.45) is 0 Å². The Morgan fingerprint density at radius 1 is 1.05 bits per heavy atom. The fraction of sp³-hybridized carbons (Fsp3) is 0.185. The standard InChI is InChI=1S/C27H23Cl2N5O3/c28-21-9-2-1-5-17(21)15-31-27(37)34-23(16-6-3-7-16)14-22(33-34)20-13-18(10-11-24(20)35)32-26(36)19-8-4-12-30-25(19)29/h1-2,4-5,8-14,16,35H,3,6-7,15H2,(H,31,37)(H,32,36). The van der Waals surface area contributed by atoms with Gasteiger partial charge >= 0.3 is 6.03 Å². The van der Waals surface area contributed by atoms with Gasteiger partial charge in [0, 0.05) is 34.9 Å². The number of amides is 2. The Labute approximate surface area is 223 Å². The van der Waals surface area contributed by atoms with E-state index in [1.165, 1.54) is 16.9 Å². The Kier molecular flexibility index (Phi) is 7.12. The van der Waals surface area contributed by atoms with Crippen molar-refractivity contribution in [2.75, 3.05) is 5.32 Å². The van der Waals surface area contributed by atoms with Crippen LogP contribution in [-0.2, 0) is 6.54 Å². The highest BCUT2D eigenvalue weighted by Gasteiger charge is 2.28. The summed E-state index contributed by atoms with van der Waals surface area (Å²) in [5, 5.41) is 21.5. The molecule has 0 bridgehead atoms. The number of phenolic OH excluding ortho intramolecular Hbond substituents is 1. The molecule has 0 atom stereocenters. The maximum Gasteiger partial charge on any atom is 0.342 e. The van der Waals surface area contributed by atoms with Gasteiger partial charge in [0.05, 0.1) is 17.0 Å². The molecular weight excluding hydrogens is 513 g/mol. The summed E-state index contributed by atoms with van der Waals surface area (Å²) in [5.41, 5.74) is 3.03. The summed E-state index contributed by atoms with van der Waals surface area (Å²) < 4.78 is 1.36. The van der Waals surface area contributed by atoms with E-state index in [0.29, 0.717) is 22.0 Å². The van der Waals surface area contributed by atoms with E-state index in [4.69, 9.17) is 23.2 Å². The number of benzene rings is 2. The molecule has 0 saturated heterocycles. The zero-order chi connectivity index (χ0) is 25.9. The average Bonchev–Trinajstić information content (AvgIpc) is 3.28. The molecule has 5 rings (SSSR count). The number of pyridine rings is 1. The number of nitrogens with zero attached hydrogens (tertiary/aromatic N) is 3. The van der Waals surface area contributed by atoms with Crippen LogP contribution in [0.5, 0.6) is 5.75 Å². The minimum absolute atomic E-state index is 0.0290. The largest absolute Gasteiger partial charge is 0.507 e. The van der Waals surface area contributed by atoms with Crippen LogP contribution in [0.2, 0.25) is 10.2 Å². The molecule has 0 unspecified atom stereocenters. The van der Waals surface area contributed by atoms with Crippen LogP contribution in [0.1, 0.15) is 46.8 Å². The van der Waals surface area contributed by atoms with Crippen LogP contribution in [0.25, 0.3) is 11.3 Å². The molecule has 1 saturated carbocycles. The van der Waals surface area contributed by atoms with Crippen LogP contribution in [-0.4, -0.2) is 31.8 Å². The van der Waals surface area contributed by atoms with Gasteiger partial charge in [0.25, 0.3) is 5.91 Å². The molecule has 2 heterocycles. The lowest BCUT2D eigenvalue weighted by Gasteiger charge is -2.25. The number of hydrogen-bond donors (Lipinski definition) is 3. The first-order valence-corrected chi connectivity index (χ1v) is 12.5. The zero-order valence-corrected chi connectivity index (χ0v) is 21.1. The lowest BCUT2D eigenvalue weighted by atomic mass is 9.82. The van der Waals surface area contributed by atoms with Gasteiger partial charge in [0.2, 0.25) is 0 Å². The van der Waals surface area contributed by atoms with E-state index >= 15 is 0 Å². The molecule has 10 heteroatoms. The summed E-state index contributed by atoms with van der Waals surface area (Å²) >= 11 is 12.3. The van der Waals surface area contributed by atoms with E-state index in [1.807, 2.05) is 24.3 Å². The number of rotatable bonds is 6. The van der Waals surface area contributed by atoms with E-state index in [2.05, 4.69) is 20.7 Å². The topological polar surface area (TPSA) is 109 Å². The molecule has 4 aromatic rings. The molecule has 0 spiro atoms. The zero-order valence-electron chi connectivity index (χ0n) is 19.6. The Balaban J connectivity index is 1.42. The van der Waals surface area contributed by atoms with Gasteiger partial charge in [-0.05, 0) is 60.9 Å². The summed E-state index contributed by atoms with van der Waals surface area (Å²) in [4.78, 5) is 29.7. The molecule has 1 fully saturated rings. The Morgan fingerprint density at radius 2 is 1.86 bits per heavy atom. The smallest absolute Gasteiger partial charge is 0.342 e. The monoisotopic (exact) mass is 535 g/mol. The fourth-order valence-electron chi connectivity index (χ4n) is 4.14.